The van der Waals surface area contributed by atoms with Crippen molar-refractivity contribution < 1.29 is 14.2 Å². The van der Waals surface area contributed by atoms with Crippen molar-refractivity contribution >= 4 is 15.9 Å². The van der Waals surface area contributed by atoms with Crippen LogP contribution in [-0.2, 0) is 9.47 Å². The molecule has 0 amide bonds. The summed E-state index contributed by atoms with van der Waals surface area (Å²) in [4.78, 5) is 2.40. The monoisotopic (exact) mass is 357 g/mol. The Kier molecular flexibility index (Phi) is 6.96. The first-order valence-electron chi connectivity index (χ1n) is 7.47. The number of nitrogens with zero attached hydrogens (tertiary/aromatic N) is 1. The summed E-state index contributed by atoms with van der Waals surface area (Å²) in [5, 5.41) is 0. The van der Waals surface area contributed by atoms with E-state index in [9.17, 15) is 0 Å². The van der Waals surface area contributed by atoms with Gasteiger partial charge in [-0.1, -0.05) is 22.0 Å². The number of ether oxygens (including phenoxy) is 3. The van der Waals surface area contributed by atoms with E-state index in [-0.39, 0.29) is 0 Å². The summed E-state index contributed by atoms with van der Waals surface area (Å²) in [7, 11) is 0. The molecular formula is C16H24BrNO3. The largest absolute Gasteiger partial charge is 0.491 e. The van der Waals surface area contributed by atoms with Crippen LogP contribution in [0, 0.1) is 0 Å². The van der Waals surface area contributed by atoms with Gasteiger partial charge in [0.05, 0.1) is 25.4 Å². The van der Waals surface area contributed by atoms with Crippen molar-refractivity contribution in [3.8, 4) is 5.75 Å². The van der Waals surface area contributed by atoms with Crippen molar-refractivity contribution in [3.63, 3.8) is 0 Å². The van der Waals surface area contributed by atoms with Gasteiger partial charge in [0.2, 0.25) is 0 Å². The van der Waals surface area contributed by atoms with Crippen molar-refractivity contribution in [3.05, 3.63) is 28.7 Å². The van der Waals surface area contributed by atoms with Crippen LogP contribution in [0.5, 0.6) is 5.75 Å². The molecule has 0 aliphatic carbocycles. The molecule has 118 valence electrons. The van der Waals surface area contributed by atoms with Crippen LogP contribution in [0.25, 0.3) is 0 Å². The topological polar surface area (TPSA) is 30.9 Å². The molecule has 5 heteroatoms. The summed E-state index contributed by atoms with van der Waals surface area (Å²) in [5.41, 5.74) is 0. The van der Waals surface area contributed by atoms with Gasteiger partial charge in [-0.3, -0.25) is 4.90 Å². The standard InChI is InChI=1S/C16H24BrNO3/c1-13-11-18(12-14(2)21-13)6-7-19-8-9-20-16-5-3-4-15(17)10-16/h3-5,10,13-14H,6-9,11-12H2,1-2H3/t13-,14-/m1/s1. The highest BCUT2D eigenvalue weighted by molar-refractivity contribution is 9.10. The van der Waals surface area contributed by atoms with Crippen molar-refractivity contribution in [1.29, 1.82) is 0 Å². The average molecular weight is 358 g/mol. The Morgan fingerprint density at radius 3 is 2.67 bits per heavy atom. The molecule has 0 unspecified atom stereocenters. The van der Waals surface area contributed by atoms with Crippen molar-refractivity contribution in [1.82, 2.24) is 4.90 Å². The van der Waals surface area contributed by atoms with Gasteiger partial charge >= 0.3 is 0 Å². The second kappa shape index (κ2) is 8.73. The minimum atomic E-state index is 0.314. The second-order valence-electron chi connectivity index (χ2n) is 5.44. The zero-order valence-electron chi connectivity index (χ0n) is 12.8. The van der Waals surface area contributed by atoms with Gasteiger partial charge < -0.3 is 14.2 Å². The van der Waals surface area contributed by atoms with E-state index >= 15 is 0 Å². The molecule has 1 saturated heterocycles. The Hall–Kier alpha value is -0.620. The van der Waals surface area contributed by atoms with Gasteiger partial charge in [-0.15, -0.1) is 0 Å². The SMILES string of the molecule is C[C@@H]1CN(CCOCCOc2cccc(Br)c2)C[C@@H](C)O1. The first kappa shape index (κ1) is 16.7. The van der Waals surface area contributed by atoms with Gasteiger partial charge in [0.1, 0.15) is 12.4 Å². The van der Waals surface area contributed by atoms with E-state index in [0.717, 1.165) is 36.5 Å². The van der Waals surface area contributed by atoms with E-state index < -0.39 is 0 Å². The summed E-state index contributed by atoms with van der Waals surface area (Å²) in [6.45, 7) is 9.10. The highest BCUT2D eigenvalue weighted by Crippen LogP contribution is 2.17. The summed E-state index contributed by atoms with van der Waals surface area (Å²) in [6, 6.07) is 7.84. The van der Waals surface area contributed by atoms with E-state index in [0.29, 0.717) is 25.4 Å². The Morgan fingerprint density at radius 2 is 1.95 bits per heavy atom. The fourth-order valence-corrected chi connectivity index (χ4v) is 2.92. The van der Waals surface area contributed by atoms with E-state index in [1.165, 1.54) is 0 Å². The van der Waals surface area contributed by atoms with E-state index in [4.69, 9.17) is 14.2 Å². The Balaban J connectivity index is 1.54. The fourth-order valence-electron chi connectivity index (χ4n) is 2.54. The molecule has 1 heterocycles. The van der Waals surface area contributed by atoms with Crippen LogP contribution in [0.1, 0.15) is 13.8 Å². The molecule has 0 radical (unpaired) electrons. The van der Waals surface area contributed by atoms with Crippen molar-refractivity contribution in [2.24, 2.45) is 0 Å². The normalized spacial score (nSPS) is 23.2. The summed E-state index contributed by atoms with van der Waals surface area (Å²) >= 11 is 3.42. The average Bonchev–Trinajstić information content (AvgIpc) is 2.42. The van der Waals surface area contributed by atoms with Crippen LogP contribution >= 0.6 is 15.9 Å². The Labute approximate surface area is 135 Å². The first-order valence-corrected chi connectivity index (χ1v) is 8.26. The molecule has 2 rings (SSSR count). The second-order valence-corrected chi connectivity index (χ2v) is 6.35. The third-order valence-corrected chi connectivity index (χ3v) is 3.83. The van der Waals surface area contributed by atoms with Crippen LogP contribution in [0.2, 0.25) is 0 Å². The fraction of sp³-hybridized carbons (Fsp3) is 0.625. The maximum Gasteiger partial charge on any atom is 0.120 e. The molecular weight excluding hydrogens is 334 g/mol. The molecule has 2 atom stereocenters. The van der Waals surface area contributed by atoms with Gasteiger partial charge in [0.25, 0.3) is 0 Å². The molecule has 0 N–H and O–H groups in total. The molecule has 0 saturated carbocycles. The van der Waals surface area contributed by atoms with Crippen LogP contribution in [0.15, 0.2) is 28.7 Å². The predicted octanol–water partition coefficient (Wildman–Crippen LogP) is 2.95. The van der Waals surface area contributed by atoms with E-state index in [2.05, 4.69) is 34.7 Å². The number of hydrogen-bond acceptors (Lipinski definition) is 4. The highest BCUT2D eigenvalue weighted by atomic mass is 79.9. The number of morpholine rings is 1. The molecule has 4 nitrogen and oxygen atoms in total. The maximum atomic E-state index is 5.71. The smallest absolute Gasteiger partial charge is 0.120 e. The summed E-state index contributed by atoms with van der Waals surface area (Å²) in [6.07, 6.45) is 0.627. The molecule has 1 aliphatic rings. The van der Waals surface area contributed by atoms with Crippen LogP contribution in [0.4, 0.5) is 0 Å². The summed E-state index contributed by atoms with van der Waals surface area (Å²) < 4.78 is 18.0. The van der Waals surface area contributed by atoms with Crippen LogP contribution in [-0.4, -0.2) is 56.6 Å². The lowest BCUT2D eigenvalue weighted by atomic mass is 10.2. The van der Waals surface area contributed by atoms with Crippen LogP contribution < -0.4 is 4.74 Å². The zero-order chi connectivity index (χ0) is 15.1. The summed E-state index contributed by atoms with van der Waals surface area (Å²) in [5.74, 6) is 0.865. The van der Waals surface area contributed by atoms with Gasteiger partial charge in [-0.25, -0.2) is 0 Å². The molecule has 1 aromatic rings. The minimum absolute atomic E-state index is 0.314. The van der Waals surface area contributed by atoms with Crippen molar-refractivity contribution in [2.45, 2.75) is 26.1 Å². The van der Waals surface area contributed by atoms with E-state index in [1.807, 2.05) is 24.3 Å². The molecule has 0 spiro atoms. The minimum Gasteiger partial charge on any atom is -0.491 e. The highest BCUT2D eigenvalue weighted by Gasteiger charge is 2.21. The quantitative estimate of drug-likeness (QED) is 0.702. The molecule has 1 aliphatic heterocycles. The van der Waals surface area contributed by atoms with E-state index in [1.54, 1.807) is 0 Å². The molecule has 21 heavy (non-hydrogen) atoms. The number of halogens is 1. The lowest BCUT2D eigenvalue weighted by molar-refractivity contribution is -0.0734. The van der Waals surface area contributed by atoms with Gasteiger partial charge in [0, 0.05) is 24.1 Å². The van der Waals surface area contributed by atoms with Gasteiger partial charge in [0.15, 0.2) is 0 Å². The number of hydrogen-bond donors (Lipinski definition) is 0. The lowest BCUT2D eigenvalue weighted by Gasteiger charge is -2.35. The Bertz CT molecular complexity index is 420. The van der Waals surface area contributed by atoms with Crippen LogP contribution in [0.3, 0.4) is 0 Å². The molecule has 0 bridgehead atoms. The molecule has 1 aromatic carbocycles. The lowest BCUT2D eigenvalue weighted by Crippen LogP contribution is -2.46. The maximum absolute atomic E-state index is 5.71. The third kappa shape index (κ3) is 6.34. The van der Waals surface area contributed by atoms with Crippen molar-refractivity contribution in [2.75, 3.05) is 39.5 Å². The molecule has 0 aromatic heterocycles. The van der Waals surface area contributed by atoms with Gasteiger partial charge in [-0.2, -0.15) is 0 Å². The molecule has 1 fully saturated rings. The zero-order valence-corrected chi connectivity index (χ0v) is 14.3. The predicted molar refractivity (Wildman–Crippen MR) is 86.9 cm³/mol. The Morgan fingerprint density at radius 1 is 1.19 bits per heavy atom. The van der Waals surface area contributed by atoms with Gasteiger partial charge in [-0.05, 0) is 32.0 Å². The number of benzene rings is 1. The third-order valence-electron chi connectivity index (χ3n) is 3.34. The first-order chi connectivity index (χ1) is 10.1. The number of rotatable bonds is 7.